The van der Waals surface area contributed by atoms with Crippen LogP contribution in [0.5, 0.6) is 0 Å². The van der Waals surface area contributed by atoms with Gasteiger partial charge in [0.05, 0.1) is 6.26 Å². The molecule has 0 radical (unpaired) electrons. The molecule has 0 atom stereocenters. The first-order valence-corrected chi connectivity index (χ1v) is 6.96. The first-order valence-electron chi connectivity index (χ1n) is 6.96. The van der Waals surface area contributed by atoms with Crippen LogP contribution in [0.15, 0.2) is 47.1 Å². The fraction of sp³-hybridized carbons (Fsp3) is 0.235. The van der Waals surface area contributed by atoms with Crippen molar-refractivity contribution in [2.45, 2.75) is 25.7 Å². The largest absolute Gasteiger partial charge is 0.465 e. The molecular weight excluding hydrogens is 250 g/mol. The zero-order chi connectivity index (χ0) is 13.8. The van der Waals surface area contributed by atoms with E-state index < -0.39 is 0 Å². The molecule has 0 bridgehead atoms. The fourth-order valence-electron chi connectivity index (χ4n) is 2.62. The van der Waals surface area contributed by atoms with Crippen LogP contribution in [0, 0.1) is 0 Å². The second kappa shape index (κ2) is 5.78. The topological polar surface area (TPSA) is 42.2 Å². The maximum Gasteiger partial charge on any atom is 0.248 e. The highest BCUT2D eigenvalue weighted by Crippen LogP contribution is 2.27. The van der Waals surface area contributed by atoms with Crippen LogP contribution in [0.25, 0.3) is 6.08 Å². The maximum absolute atomic E-state index is 12.0. The molecule has 0 fully saturated rings. The summed E-state index contributed by atoms with van der Waals surface area (Å²) in [6.45, 7) is 0. The summed E-state index contributed by atoms with van der Waals surface area (Å²) < 4.78 is 5.16. The minimum atomic E-state index is -0.125. The molecule has 102 valence electrons. The highest BCUT2D eigenvalue weighted by Gasteiger charge is 2.13. The van der Waals surface area contributed by atoms with Crippen LogP contribution in [0.2, 0.25) is 0 Å². The van der Waals surface area contributed by atoms with Crippen LogP contribution in [-0.2, 0) is 17.6 Å². The molecule has 1 aliphatic rings. The highest BCUT2D eigenvalue weighted by molar-refractivity contribution is 6.02. The van der Waals surface area contributed by atoms with Gasteiger partial charge >= 0.3 is 0 Å². The number of aryl methyl sites for hydroxylation is 1. The van der Waals surface area contributed by atoms with Gasteiger partial charge in [0.1, 0.15) is 5.76 Å². The molecule has 1 aliphatic carbocycles. The van der Waals surface area contributed by atoms with E-state index >= 15 is 0 Å². The van der Waals surface area contributed by atoms with E-state index in [9.17, 15) is 4.79 Å². The van der Waals surface area contributed by atoms with Crippen molar-refractivity contribution in [2.24, 2.45) is 0 Å². The van der Waals surface area contributed by atoms with E-state index in [0.717, 1.165) is 18.5 Å². The lowest BCUT2D eigenvalue weighted by Crippen LogP contribution is -2.12. The van der Waals surface area contributed by atoms with Crippen LogP contribution in [-0.4, -0.2) is 5.91 Å². The summed E-state index contributed by atoms with van der Waals surface area (Å²) in [5, 5.41) is 2.97. The van der Waals surface area contributed by atoms with Crippen molar-refractivity contribution in [1.29, 1.82) is 0 Å². The number of hydrogen-bond acceptors (Lipinski definition) is 2. The number of furan rings is 1. The Bertz CT molecular complexity index is 626. The Labute approximate surface area is 118 Å². The number of nitrogens with one attached hydrogen (secondary N) is 1. The molecule has 1 N–H and O–H groups in total. The van der Waals surface area contributed by atoms with Crippen molar-refractivity contribution in [3.63, 3.8) is 0 Å². The van der Waals surface area contributed by atoms with Crippen LogP contribution in [0.1, 0.15) is 29.7 Å². The van der Waals surface area contributed by atoms with E-state index in [4.69, 9.17) is 4.42 Å². The predicted octanol–water partition coefficient (Wildman–Crippen LogP) is 3.81. The fourth-order valence-corrected chi connectivity index (χ4v) is 2.62. The molecule has 0 unspecified atom stereocenters. The van der Waals surface area contributed by atoms with E-state index in [1.807, 2.05) is 18.2 Å². The van der Waals surface area contributed by atoms with Gasteiger partial charge < -0.3 is 9.73 Å². The number of amides is 1. The SMILES string of the molecule is O=C(C=Cc1ccco1)Nc1cccc2c1CCCC2. The van der Waals surface area contributed by atoms with Crippen LogP contribution < -0.4 is 5.32 Å². The van der Waals surface area contributed by atoms with Gasteiger partial charge in [0.15, 0.2) is 0 Å². The monoisotopic (exact) mass is 267 g/mol. The lowest BCUT2D eigenvalue weighted by atomic mass is 9.90. The van der Waals surface area contributed by atoms with Crippen LogP contribution in [0.4, 0.5) is 5.69 Å². The van der Waals surface area contributed by atoms with E-state index in [1.165, 1.54) is 30.0 Å². The zero-order valence-corrected chi connectivity index (χ0v) is 11.3. The predicted molar refractivity (Wildman–Crippen MR) is 79.5 cm³/mol. The molecule has 0 aliphatic heterocycles. The van der Waals surface area contributed by atoms with Gasteiger partial charge in [-0.3, -0.25) is 4.79 Å². The molecule has 1 heterocycles. The molecule has 1 aromatic heterocycles. The van der Waals surface area contributed by atoms with E-state index in [2.05, 4.69) is 11.4 Å². The van der Waals surface area contributed by atoms with E-state index in [-0.39, 0.29) is 5.91 Å². The quantitative estimate of drug-likeness (QED) is 0.859. The molecule has 20 heavy (non-hydrogen) atoms. The van der Waals surface area contributed by atoms with Gasteiger partial charge in [-0.2, -0.15) is 0 Å². The average Bonchev–Trinajstić information content (AvgIpc) is 2.99. The van der Waals surface area contributed by atoms with Gasteiger partial charge in [0.25, 0.3) is 0 Å². The van der Waals surface area contributed by atoms with Crippen molar-refractivity contribution in [3.8, 4) is 0 Å². The minimum absolute atomic E-state index is 0.125. The third-order valence-electron chi connectivity index (χ3n) is 3.60. The summed E-state index contributed by atoms with van der Waals surface area (Å²) >= 11 is 0. The average molecular weight is 267 g/mol. The molecule has 3 rings (SSSR count). The first-order chi connectivity index (χ1) is 9.83. The second-order valence-electron chi connectivity index (χ2n) is 4.99. The number of carbonyl (C=O) groups is 1. The molecular formula is C17H17NO2. The summed E-state index contributed by atoms with van der Waals surface area (Å²) in [7, 11) is 0. The van der Waals surface area contributed by atoms with Gasteiger partial charge in [-0.05, 0) is 61.1 Å². The molecule has 3 heteroatoms. The van der Waals surface area contributed by atoms with E-state index in [0.29, 0.717) is 5.76 Å². The summed E-state index contributed by atoms with van der Waals surface area (Å²) in [6.07, 6.45) is 9.36. The smallest absolute Gasteiger partial charge is 0.248 e. The van der Waals surface area contributed by atoms with Gasteiger partial charge in [-0.1, -0.05) is 12.1 Å². The molecule has 0 saturated heterocycles. The number of carbonyl (C=O) groups excluding carboxylic acids is 1. The molecule has 3 nitrogen and oxygen atoms in total. The van der Waals surface area contributed by atoms with Crippen molar-refractivity contribution in [2.75, 3.05) is 5.32 Å². The Kier molecular flexibility index (Phi) is 3.68. The van der Waals surface area contributed by atoms with Crippen molar-refractivity contribution < 1.29 is 9.21 Å². The summed E-state index contributed by atoms with van der Waals surface area (Å²) in [5.41, 5.74) is 3.60. The van der Waals surface area contributed by atoms with Gasteiger partial charge in [-0.25, -0.2) is 0 Å². The Morgan fingerprint density at radius 3 is 2.90 bits per heavy atom. The molecule has 0 saturated carbocycles. The standard InChI is InChI=1S/C17H17NO2/c19-17(11-10-14-7-4-12-20-14)18-16-9-3-6-13-5-1-2-8-15(13)16/h3-4,6-7,9-12H,1-2,5,8H2,(H,18,19). The summed E-state index contributed by atoms with van der Waals surface area (Å²) in [5.74, 6) is 0.551. The van der Waals surface area contributed by atoms with Crippen molar-refractivity contribution in [1.82, 2.24) is 0 Å². The van der Waals surface area contributed by atoms with Gasteiger partial charge in [0, 0.05) is 11.8 Å². The molecule has 0 spiro atoms. The Hall–Kier alpha value is -2.29. The number of anilines is 1. The summed E-state index contributed by atoms with van der Waals surface area (Å²) in [6, 6.07) is 9.75. The zero-order valence-electron chi connectivity index (χ0n) is 11.3. The molecule has 2 aromatic rings. The Balaban J connectivity index is 1.73. The third-order valence-corrected chi connectivity index (χ3v) is 3.60. The third kappa shape index (κ3) is 2.82. The lowest BCUT2D eigenvalue weighted by molar-refractivity contribution is -0.111. The number of hydrogen-bond donors (Lipinski definition) is 1. The Morgan fingerprint density at radius 1 is 1.15 bits per heavy atom. The van der Waals surface area contributed by atoms with Crippen molar-refractivity contribution >= 4 is 17.7 Å². The minimum Gasteiger partial charge on any atom is -0.465 e. The van der Waals surface area contributed by atoms with Crippen LogP contribution >= 0.6 is 0 Å². The van der Waals surface area contributed by atoms with Crippen molar-refractivity contribution in [3.05, 3.63) is 59.6 Å². The maximum atomic E-state index is 12.0. The van der Waals surface area contributed by atoms with Crippen LogP contribution in [0.3, 0.4) is 0 Å². The summed E-state index contributed by atoms with van der Waals surface area (Å²) in [4.78, 5) is 12.0. The second-order valence-corrected chi connectivity index (χ2v) is 4.99. The number of benzene rings is 1. The van der Waals surface area contributed by atoms with Gasteiger partial charge in [-0.15, -0.1) is 0 Å². The number of fused-ring (bicyclic) bond motifs is 1. The van der Waals surface area contributed by atoms with Gasteiger partial charge in [0.2, 0.25) is 5.91 Å². The molecule has 1 amide bonds. The Morgan fingerprint density at radius 2 is 2.05 bits per heavy atom. The highest BCUT2D eigenvalue weighted by atomic mass is 16.3. The van der Waals surface area contributed by atoms with E-state index in [1.54, 1.807) is 18.4 Å². The number of rotatable bonds is 3. The normalized spacial score (nSPS) is 14.2. The first kappa shape index (κ1) is 12.7. The lowest BCUT2D eigenvalue weighted by Gasteiger charge is -2.19. The molecule has 1 aromatic carbocycles.